The van der Waals surface area contributed by atoms with Crippen LogP contribution in [0.15, 0.2) is 12.4 Å². The molecule has 2 rings (SSSR count). The van der Waals surface area contributed by atoms with Crippen molar-refractivity contribution < 1.29 is 4.79 Å². The number of aromatic amines is 1. The molecule has 4 heteroatoms. The zero-order chi connectivity index (χ0) is 13.9. The quantitative estimate of drug-likeness (QED) is 0.888. The van der Waals surface area contributed by atoms with Gasteiger partial charge in [0.05, 0.1) is 6.54 Å². The number of H-pyrrole nitrogens is 1. The standard InChI is InChI=1S/C15H25N3O/c1-12(2)10-15(6-4-5-7-15)14(19)18(3)11-13-16-8-9-17-13/h8-9,12H,4-7,10-11H2,1-3H3,(H,16,17). The lowest BCUT2D eigenvalue weighted by Gasteiger charge is -2.33. The van der Waals surface area contributed by atoms with Crippen LogP contribution >= 0.6 is 0 Å². The van der Waals surface area contributed by atoms with Crippen LogP contribution in [0.5, 0.6) is 0 Å². The van der Waals surface area contributed by atoms with Gasteiger partial charge in [-0.15, -0.1) is 0 Å². The maximum atomic E-state index is 12.8. The van der Waals surface area contributed by atoms with E-state index in [1.54, 1.807) is 12.4 Å². The summed E-state index contributed by atoms with van der Waals surface area (Å²) in [6.45, 7) is 4.99. The van der Waals surface area contributed by atoms with Gasteiger partial charge in [-0.3, -0.25) is 4.79 Å². The van der Waals surface area contributed by atoms with Crippen molar-refractivity contribution in [3.05, 3.63) is 18.2 Å². The van der Waals surface area contributed by atoms with Gasteiger partial charge in [0.2, 0.25) is 5.91 Å². The Morgan fingerprint density at radius 3 is 2.68 bits per heavy atom. The summed E-state index contributed by atoms with van der Waals surface area (Å²) >= 11 is 0. The van der Waals surface area contributed by atoms with E-state index in [2.05, 4.69) is 23.8 Å². The molecular weight excluding hydrogens is 238 g/mol. The fourth-order valence-electron chi connectivity index (χ4n) is 3.42. The fourth-order valence-corrected chi connectivity index (χ4v) is 3.42. The van der Waals surface area contributed by atoms with Crippen LogP contribution in [-0.2, 0) is 11.3 Å². The Balaban J connectivity index is 2.06. The first-order valence-electron chi connectivity index (χ1n) is 7.27. The van der Waals surface area contributed by atoms with Gasteiger partial charge in [-0.25, -0.2) is 4.98 Å². The lowest BCUT2D eigenvalue weighted by atomic mass is 9.77. The highest BCUT2D eigenvalue weighted by molar-refractivity contribution is 5.82. The Morgan fingerprint density at radius 2 is 2.16 bits per heavy atom. The van der Waals surface area contributed by atoms with E-state index >= 15 is 0 Å². The molecule has 1 amide bonds. The van der Waals surface area contributed by atoms with Crippen LogP contribution in [0.2, 0.25) is 0 Å². The Labute approximate surface area is 115 Å². The minimum atomic E-state index is -0.116. The monoisotopic (exact) mass is 263 g/mol. The summed E-state index contributed by atoms with van der Waals surface area (Å²) in [7, 11) is 1.89. The smallest absolute Gasteiger partial charge is 0.228 e. The number of hydrogen-bond donors (Lipinski definition) is 1. The number of carbonyl (C=O) groups is 1. The second-order valence-electron chi connectivity index (χ2n) is 6.28. The van der Waals surface area contributed by atoms with E-state index in [1.807, 2.05) is 11.9 Å². The van der Waals surface area contributed by atoms with E-state index in [0.29, 0.717) is 18.4 Å². The van der Waals surface area contributed by atoms with E-state index in [-0.39, 0.29) is 5.41 Å². The van der Waals surface area contributed by atoms with Gasteiger partial charge in [0.1, 0.15) is 5.82 Å². The Hall–Kier alpha value is -1.32. The molecule has 19 heavy (non-hydrogen) atoms. The number of nitrogens with one attached hydrogen (secondary N) is 1. The second-order valence-corrected chi connectivity index (χ2v) is 6.28. The summed E-state index contributed by atoms with van der Waals surface area (Å²) in [5.41, 5.74) is -0.116. The molecule has 0 spiro atoms. The summed E-state index contributed by atoms with van der Waals surface area (Å²) in [6.07, 6.45) is 9.01. The second kappa shape index (κ2) is 5.76. The average molecular weight is 263 g/mol. The number of nitrogens with zero attached hydrogens (tertiary/aromatic N) is 2. The molecule has 1 N–H and O–H groups in total. The van der Waals surface area contributed by atoms with Crippen LogP contribution < -0.4 is 0 Å². The zero-order valence-corrected chi connectivity index (χ0v) is 12.3. The number of aromatic nitrogens is 2. The minimum Gasteiger partial charge on any atom is -0.347 e. The molecule has 1 aromatic rings. The molecule has 1 aromatic heterocycles. The van der Waals surface area contributed by atoms with Crippen LogP contribution in [-0.4, -0.2) is 27.8 Å². The highest BCUT2D eigenvalue weighted by Gasteiger charge is 2.42. The fraction of sp³-hybridized carbons (Fsp3) is 0.733. The third-order valence-electron chi connectivity index (χ3n) is 4.10. The Morgan fingerprint density at radius 1 is 1.47 bits per heavy atom. The number of carbonyl (C=O) groups excluding carboxylic acids is 1. The van der Waals surface area contributed by atoms with Crippen LogP contribution in [0.1, 0.15) is 51.8 Å². The molecule has 0 saturated heterocycles. The van der Waals surface area contributed by atoms with Crippen molar-refractivity contribution in [2.45, 2.75) is 52.5 Å². The van der Waals surface area contributed by atoms with Crippen molar-refractivity contribution in [2.75, 3.05) is 7.05 Å². The van der Waals surface area contributed by atoms with Gasteiger partial charge in [0.15, 0.2) is 0 Å². The van der Waals surface area contributed by atoms with E-state index in [9.17, 15) is 4.79 Å². The van der Waals surface area contributed by atoms with Gasteiger partial charge < -0.3 is 9.88 Å². The van der Waals surface area contributed by atoms with Gasteiger partial charge in [-0.2, -0.15) is 0 Å². The summed E-state index contributed by atoms with van der Waals surface area (Å²) in [4.78, 5) is 21.9. The van der Waals surface area contributed by atoms with Crippen LogP contribution in [0.25, 0.3) is 0 Å². The van der Waals surface area contributed by atoms with Gasteiger partial charge in [0, 0.05) is 24.9 Å². The molecule has 4 nitrogen and oxygen atoms in total. The molecule has 0 radical (unpaired) electrons. The van der Waals surface area contributed by atoms with Gasteiger partial charge in [-0.05, 0) is 25.2 Å². The lowest BCUT2D eigenvalue weighted by molar-refractivity contribution is -0.142. The molecule has 1 aliphatic rings. The van der Waals surface area contributed by atoms with E-state index in [1.165, 1.54) is 12.8 Å². The first-order valence-corrected chi connectivity index (χ1v) is 7.27. The van der Waals surface area contributed by atoms with E-state index in [4.69, 9.17) is 0 Å². The van der Waals surface area contributed by atoms with Crippen molar-refractivity contribution in [2.24, 2.45) is 11.3 Å². The lowest BCUT2D eigenvalue weighted by Crippen LogP contribution is -2.41. The number of imidazole rings is 1. The van der Waals surface area contributed by atoms with Gasteiger partial charge >= 0.3 is 0 Å². The normalized spacial score (nSPS) is 17.9. The van der Waals surface area contributed by atoms with Crippen molar-refractivity contribution in [1.29, 1.82) is 0 Å². The Bertz CT molecular complexity index is 405. The molecule has 0 aliphatic heterocycles. The first kappa shape index (κ1) is 14.1. The predicted molar refractivity (Wildman–Crippen MR) is 75.4 cm³/mol. The van der Waals surface area contributed by atoms with Gasteiger partial charge in [-0.1, -0.05) is 26.7 Å². The molecule has 1 aliphatic carbocycles. The van der Waals surface area contributed by atoms with Crippen molar-refractivity contribution in [1.82, 2.24) is 14.9 Å². The summed E-state index contributed by atoms with van der Waals surface area (Å²) < 4.78 is 0. The molecule has 1 fully saturated rings. The molecular formula is C15H25N3O. The average Bonchev–Trinajstić information content (AvgIpc) is 2.99. The highest BCUT2D eigenvalue weighted by atomic mass is 16.2. The predicted octanol–water partition coefficient (Wildman–Crippen LogP) is 2.97. The molecule has 1 heterocycles. The topological polar surface area (TPSA) is 49.0 Å². The molecule has 0 bridgehead atoms. The van der Waals surface area contributed by atoms with Gasteiger partial charge in [0.25, 0.3) is 0 Å². The van der Waals surface area contributed by atoms with Crippen molar-refractivity contribution >= 4 is 5.91 Å². The maximum absolute atomic E-state index is 12.8. The highest BCUT2D eigenvalue weighted by Crippen LogP contribution is 2.44. The molecule has 0 aromatic carbocycles. The molecule has 106 valence electrons. The first-order chi connectivity index (χ1) is 9.03. The third-order valence-corrected chi connectivity index (χ3v) is 4.10. The Kier molecular flexibility index (Phi) is 4.27. The molecule has 0 atom stereocenters. The summed E-state index contributed by atoms with van der Waals surface area (Å²) in [6, 6.07) is 0. The minimum absolute atomic E-state index is 0.116. The van der Waals surface area contributed by atoms with Crippen LogP contribution in [0.4, 0.5) is 0 Å². The van der Waals surface area contributed by atoms with E-state index in [0.717, 1.165) is 25.1 Å². The maximum Gasteiger partial charge on any atom is 0.228 e. The zero-order valence-electron chi connectivity index (χ0n) is 12.3. The van der Waals surface area contributed by atoms with Crippen LogP contribution in [0.3, 0.4) is 0 Å². The number of hydrogen-bond acceptors (Lipinski definition) is 2. The third kappa shape index (κ3) is 3.17. The SMILES string of the molecule is CC(C)CC1(C(=O)N(C)Cc2ncc[nH]2)CCCC1. The van der Waals surface area contributed by atoms with E-state index < -0.39 is 0 Å². The van der Waals surface area contributed by atoms with Crippen molar-refractivity contribution in [3.8, 4) is 0 Å². The molecule has 0 unspecified atom stereocenters. The van der Waals surface area contributed by atoms with Crippen molar-refractivity contribution in [3.63, 3.8) is 0 Å². The number of rotatable bonds is 5. The van der Waals surface area contributed by atoms with Crippen LogP contribution in [0, 0.1) is 11.3 Å². The largest absolute Gasteiger partial charge is 0.347 e. The summed E-state index contributed by atoms with van der Waals surface area (Å²) in [5.74, 6) is 1.72. The molecule has 1 saturated carbocycles. The summed E-state index contributed by atoms with van der Waals surface area (Å²) in [5, 5.41) is 0. The number of amides is 1.